The Balaban J connectivity index is 1.35. The van der Waals surface area contributed by atoms with Gasteiger partial charge in [-0.15, -0.1) is 5.10 Å². The van der Waals surface area contributed by atoms with Gasteiger partial charge in [-0.2, -0.15) is 0 Å². The minimum Gasteiger partial charge on any atom is -0.294 e. The standard InChI is InChI=1S/C21H20FN3OS/c22-17-12-10-15(11-13-17)19(26)7-4-14-27-21-23-20(16-8-9-16)25(24-21)18-5-2-1-3-6-18/h1-3,5-6,10-13,16H,4,7-9,14H2. The van der Waals surface area contributed by atoms with E-state index in [0.717, 1.165) is 28.8 Å². The van der Waals surface area contributed by atoms with Gasteiger partial charge in [0.1, 0.15) is 11.6 Å². The van der Waals surface area contributed by atoms with Gasteiger partial charge >= 0.3 is 0 Å². The number of hydrogen-bond donors (Lipinski definition) is 0. The van der Waals surface area contributed by atoms with Gasteiger partial charge in [0.2, 0.25) is 5.16 Å². The van der Waals surface area contributed by atoms with E-state index < -0.39 is 0 Å². The lowest BCUT2D eigenvalue weighted by atomic mass is 10.1. The number of Topliss-reactive ketones (excluding diaryl/α,β-unsaturated/α-hetero) is 1. The second-order valence-electron chi connectivity index (χ2n) is 6.66. The van der Waals surface area contributed by atoms with Crippen LogP contribution in [0.5, 0.6) is 0 Å². The minimum atomic E-state index is -0.325. The Kier molecular flexibility index (Phi) is 5.34. The molecule has 27 heavy (non-hydrogen) atoms. The molecule has 1 saturated carbocycles. The molecule has 1 fully saturated rings. The minimum absolute atomic E-state index is 0.0389. The molecule has 4 rings (SSSR count). The van der Waals surface area contributed by atoms with Gasteiger partial charge in [0, 0.05) is 23.7 Å². The summed E-state index contributed by atoms with van der Waals surface area (Å²) in [5.74, 6) is 2.03. The molecule has 3 aromatic rings. The molecule has 138 valence electrons. The molecule has 0 saturated heterocycles. The average Bonchev–Trinajstić information content (AvgIpc) is 3.46. The van der Waals surface area contributed by atoms with Gasteiger partial charge in [-0.1, -0.05) is 30.0 Å². The van der Waals surface area contributed by atoms with Gasteiger partial charge in [0.15, 0.2) is 5.78 Å². The van der Waals surface area contributed by atoms with Gasteiger partial charge in [-0.25, -0.2) is 14.1 Å². The largest absolute Gasteiger partial charge is 0.294 e. The van der Waals surface area contributed by atoms with Crippen molar-refractivity contribution in [2.75, 3.05) is 5.75 Å². The zero-order valence-electron chi connectivity index (χ0n) is 14.8. The first-order valence-corrected chi connectivity index (χ1v) is 10.1. The van der Waals surface area contributed by atoms with E-state index in [2.05, 4.69) is 5.10 Å². The smallest absolute Gasteiger partial charge is 0.209 e. The molecule has 0 N–H and O–H groups in total. The Labute approximate surface area is 161 Å². The van der Waals surface area contributed by atoms with Crippen LogP contribution in [-0.2, 0) is 0 Å². The normalized spacial score (nSPS) is 13.7. The lowest BCUT2D eigenvalue weighted by Gasteiger charge is -2.03. The second kappa shape index (κ2) is 8.05. The Hall–Kier alpha value is -2.47. The highest BCUT2D eigenvalue weighted by atomic mass is 32.2. The molecular weight excluding hydrogens is 361 g/mol. The summed E-state index contributed by atoms with van der Waals surface area (Å²) in [6, 6.07) is 15.8. The van der Waals surface area contributed by atoms with Crippen molar-refractivity contribution in [3.63, 3.8) is 0 Å². The van der Waals surface area contributed by atoms with Crippen molar-refractivity contribution < 1.29 is 9.18 Å². The molecule has 0 radical (unpaired) electrons. The van der Waals surface area contributed by atoms with E-state index in [9.17, 15) is 9.18 Å². The molecule has 2 aromatic carbocycles. The van der Waals surface area contributed by atoms with Crippen LogP contribution in [0.4, 0.5) is 4.39 Å². The first kappa shape index (κ1) is 17.9. The fourth-order valence-electron chi connectivity index (χ4n) is 2.91. The quantitative estimate of drug-likeness (QED) is 0.312. The number of carbonyl (C=O) groups is 1. The third-order valence-electron chi connectivity index (χ3n) is 4.50. The van der Waals surface area contributed by atoms with Crippen LogP contribution in [0.2, 0.25) is 0 Å². The summed E-state index contributed by atoms with van der Waals surface area (Å²) < 4.78 is 14.9. The number of halogens is 1. The van der Waals surface area contributed by atoms with Crippen molar-refractivity contribution in [3.8, 4) is 5.69 Å². The number of carbonyl (C=O) groups excluding carboxylic acids is 1. The Bertz CT molecular complexity index is 920. The number of thioether (sulfide) groups is 1. The van der Waals surface area contributed by atoms with E-state index in [1.807, 2.05) is 35.0 Å². The van der Waals surface area contributed by atoms with E-state index in [1.54, 1.807) is 11.8 Å². The average molecular weight is 381 g/mol. The summed E-state index contributed by atoms with van der Waals surface area (Å²) in [6.07, 6.45) is 3.51. The number of aromatic nitrogens is 3. The van der Waals surface area contributed by atoms with Gasteiger partial charge < -0.3 is 0 Å². The second-order valence-corrected chi connectivity index (χ2v) is 7.72. The molecule has 0 spiro atoms. The Morgan fingerprint density at radius 2 is 1.85 bits per heavy atom. The molecule has 6 heteroatoms. The van der Waals surface area contributed by atoms with Crippen molar-refractivity contribution in [2.24, 2.45) is 0 Å². The fourth-order valence-corrected chi connectivity index (χ4v) is 3.68. The topological polar surface area (TPSA) is 47.8 Å². The molecule has 1 aliphatic carbocycles. The maximum absolute atomic E-state index is 12.9. The zero-order valence-corrected chi connectivity index (χ0v) is 15.7. The highest BCUT2D eigenvalue weighted by Gasteiger charge is 2.30. The van der Waals surface area contributed by atoms with E-state index in [-0.39, 0.29) is 11.6 Å². The number of benzene rings is 2. The van der Waals surface area contributed by atoms with Crippen LogP contribution in [-0.4, -0.2) is 26.3 Å². The molecule has 0 atom stereocenters. The molecule has 1 aliphatic rings. The van der Waals surface area contributed by atoms with Crippen LogP contribution >= 0.6 is 11.8 Å². The third kappa shape index (κ3) is 4.45. The summed E-state index contributed by atoms with van der Waals surface area (Å²) >= 11 is 1.58. The molecular formula is C21H20FN3OS. The number of rotatable bonds is 8. The first-order valence-electron chi connectivity index (χ1n) is 9.14. The number of ketones is 1. The molecule has 0 amide bonds. The van der Waals surface area contributed by atoms with Crippen molar-refractivity contribution in [1.82, 2.24) is 14.8 Å². The van der Waals surface area contributed by atoms with Crippen molar-refractivity contribution in [1.29, 1.82) is 0 Å². The van der Waals surface area contributed by atoms with Crippen LogP contribution in [0.1, 0.15) is 47.8 Å². The van der Waals surface area contributed by atoms with Crippen molar-refractivity contribution in [2.45, 2.75) is 36.8 Å². The number of para-hydroxylation sites is 1. The summed E-state index contributed by atoms with van der Waals surface area (Å²) in [6.45, 7) is 0. The van der Waals surface area contributed by atoms with E-state index in [4.69, 9.17) is 4.98 Å². The predicted octanol–water partition coefficient (Wildman–Crippen LogP) is 5.04. The molecule has 0 bridgehead atoms. The lowest BCUT2D eigenvalue weighted by Crippen LogP contribution is -2.01. The SMILES string of the molecule is O=C(CCCSc1nc(C2CC2)n(-c2ccccc2)n1)c1ccc(F)cc1. The predicted molar refractivity (Wildman–Crippen MR) is 104 cm³/mol. The fraction of sp³-hybridized carbons (Fsp3) is 0.286. The van der Waals surface area contributed by atoms with E-state index in [0.29, 0.717) is 17.9 Å². The zero-order chi connectivity index (χ0) is 18.6. The Morgan fingerprint density at radius 1 is 1.11 bits per heavy atom. The Morgan fingerprint density at radius 3 is 2.56 bits per heavy atom. The molecule has 0 unspecified atom stereocenters. The first-order chi connectivity index (χ1) is 13.2. The highest BCUT2D eigenvalue weighted by Crippen LogP contribution is 2.40. The summed E-state index contributed by atoms with van der Waals surface area (Å²) in [5.41, 5.74) is 1.59. The summed E-state index contributed by atoms with van der Waals surface area (Å²) in [5, 5.41) is 5.43. The van der Waals surface area contributed by atoms with Gasteiger partial charge in [-0.3, -0.25) is 4.79 Å². The van der Waals surface area contributed by atoms with Crippen LogP contribution in [0, 0.1) is 5.82 Å². The van der Waals surface area contributed by atoms with Gasteiger partial charge in [0.25, 0.3) is 0 Å². The van der Waals surface area contributed by atoms with Crippen molar-refractivity contribution >= 4 is 17.5 Å². The van der Waals surface area contributed by atoms with Crippen LogP contribution in [0.15, 0.2) is 59.8 Å². The monoisotopic (exact) mass is 381 g/mol. The number of nitrogens with zero attached hydrogens (tertiary/aromatic N) is 3. The van der Waals surface area contributed by atoms with Crippen LogP contribution in [0.3, 0.4) is 0 Å². The number of hydrogen-bond acceptors (Lipinski definition) is 4. The molecule has 0 aliphatic heterocycles. The third-order valence-corrected chi connectivity index (χ3v) is 5.43. The van der Waals surface area contributed by atoms with Crippen LogP contribution in [0.25, 0.3) is 5.69 Å². The summed E-state index contributed by atoms with van der Waals surface area (Å²) in [4.78, 5) is 16.9. The van der Waals surface area contributed by atoms with E-state index in [1.165, 1.54) is 37.1 Å². The lowest BCUT2D eigenvalue weighted by molar-refractivity contribution is 0.0982. The van der Waals surface area contributed by atoms with Crippen molar-refractivity contribution in [3.05, 3.63) is 71.8 Å². The summed E-state index contributed by atoms with van der Waals surface area (Å²) in [7, 11) is 0. The van der Waals surface area contributed by atoms with Gasteiger partial charge in [0.05, 0.1) is 5.69 Å². The molecule has 1 aromatic heterocycles. The highest BCUT2D eigenvalue weighted by molar-refractivity contribution is 7.99. The maximum atomic E-state index is 12.9. The maximum Gasteiger partial charge on any atom is 0.209 e. The molecule has 1 heterocycles. The van der Waals surface area contributed by atoms with Crippen LogP contribution < -0.4 is 0 Å². The molecule has 4 nitrogen and oxygen atoms in total. The van der Waals surface area contributed by atoms with Gasteiger partial charge in [-0.05, 0) is 55.7 Å². The van der Waals surface area contributed by atoms with E-state index >= 15 is 0 Å².